The maximum absolute atomic E-state index is 11.4. The number of hydrogen-bond acceptors (Lipinski definition) is 7. The highest BCUT2D eigenvalue weighted by molar-refractivity contribution is 5.84. The van der Waals surface area contributed by atoms with E-state index in [4.69, 9.17) is 4.74 Å². The van der Waals surface area contributed by atoms with E-state index in [1.54, 1.807) is 27.8 Å². The van der Waals surface area contributed by atoms with Gasteiger partial charge in [-0.1, -0.05) is 72.8 Å². The Morgan fingerprint density at radius 1 is 0.725 bits per heavy atom. The molecule has 0 amide bonds. The lowest BCUT2D eigenvalue weighted by molar-refractivity contribution is -0.120. The van der Waals surface area contributed by atoms with Gasteiger partial charge in [0, 0.05) is 6.42 Å². The van der Waals surface area contributed by atoms with Crippen LogP contribution in [0.15, 0.2) is 72.8 Å². The molecule has 0 aliphatic heterocycles. The van der Waals surface area contributed by atoms with Gasteiger partial charge in [0.2, 0.25) is 0 Å². The van der Waals surface area contributed by atoms with Crippen molar-refractivity contribution in [1.82, 2.24) is 16.0 Å². The molecule has 0 radical (unpaired) electrons. The second-order valence-electron chi connectivity index (χ2n) is 9.70. The highest BCUT2D eigenvalue weighted by atomic mass is 16.5. The maximum atomic E-state index is 11.4. The first-order valence-electron chi connectivity index (χ1n) is 13.8. The molecule has 0 heterocycles. The van der Waals surface area contributed by atoms with Gasteiger partial charge in [0.1, 0.15) is 17.3 Å². The smallest absolute Gasteiger partial charge is 0.149 e. The zero-order valence-corrected chi connectivity index (χ0v) is 25.0. The second-order valence-corrected chi connectivity index (χ2v) is 9.70. The molecule has 0 unspecified atom stereocenters. The van der Waals surface area contributed by atoms with Crippen LogP contribution < -0.4 is 16.0 Å². The van der Waals surface area contributed by atoms with Gasteiger partial charge >= 0.3 is 0 Å². The Kier molecular flexibility index (Phi) is 18.0. The molecule has 3 aromatic rings. The second kappa shape index (κ2) is 20.6. The number of carbonyl (C=O) groups excluding carboxylic acids is 3. The standard InChI is InChI=1S/C15H17NO.C12H17NO2.C6H13NO/c1-11(17)15(16-2)10-12-7-8-13-5-3-4-6-14(13)9-12;1-10(14)12(13-2)9-15-8-11-6-4-3-5-7-11;1-6(8)4-3-5-7-2/h3-9,15-16H,10H2,1-2H3;3-7,12-13H,8-9H2,1-2H3;7H,3-5H2,1-2H3/t15-;12-;/m00./s1. The third-order valence-corrected chi connectivity index (χ3v) is 6.28. The van der Waals surface area contributed by atoms with Crippen molar-refractivity contribution < 1.29 is 19.1 Å². The summed E-state index contributed by atoms with van der Waals surface area (Å²) in [6, 6.07) is 24.2. The van der Waals surface area contributed by atoms with E-state index >= 15 is 0 Å². The number of ether oxygens (including phenoxy) is 1. The lowest BCUT2D eigenvalue weighted by atomic mass is 10.00. The first-order chi connectivity index (χ1) is 19.2. The van der Waals surface area contributed by atoms with Gasteiger partial charge < -0.3 is 25.5 Å². The molecule has 0 spiro atoms. The van der Waals surface area contributed by atoms with Crippen LogP contribution >= 0.6 is 0 Å². The topological polar surface area (TPSA) is 96.5 Å². The average Bonchev–Trinajstić information content (AvgIpc) is 2.95. The highest BCUT2D eigenvalue weighted by Gasteiger charge is 2.12. The summed E-state index contributed by atoms with van der Waals surface area (Å²) >= 11 is 0. The van der Waals surface area contributed by atoms with Gasteiger partial charge in [-0.05, 0) is 83.2 Å². The van der Waals surface area contributed by atoms with Crippen LogP contribution in [0.1, 0.15) is 44.7 Å². The fraction of sp³-hybridized carbons (Fsp3) is 0.424. The molecule has 0 aromatic heterocycles. The summed E-state index contributed by atoms with van der Waals surface area (Å²) in [6.45, 7) is 6.72. The van der Waals surface area contributed by atoms with E-state index in [2.05, 4.69) is 46.3 Å². The Labute approximate surface area is 240 Å². The molecule has 7 nitrogen and oxygen atoms in total. The molecule has 0 fully saturated rings. The molecular weight excluding hydrogens is 502 g/mol. The van der Waals surface area contributed by atoms with Crippen molar-refractivity contribution in [2.45, 2.75) is 58.7 Å². The molecule has 3 N–H and O–H groups in total. The minimum Gasteiger partial charge on any atom is -0.375 e. The predicted octanol–water partition coefficient (Wildman–Crippen LogP) is 4.51. The highest BCUT2D eigenvalue weighted by Crippen LogP contribution is 2.16. The van der Waals surface area contributed by atoms with Crippen molar-refractivity contribution in [3.05, 3.63) is 83.9 Å². The molecule has 0 aliphatic rings. The third kappa shape index (κ3) is 14.8. The molecular formula is C33H47N3O4. The number of hydrogen-bond donors (Lipinski definition) is 3. The van der Waals surface area contributed by atoms with Gasteiger partial charge in [0.05, 0.1) is 25.3 Å². The summed E-state index contributed by atoms with van der Waals surface area (Å²) in [5.74, 6) is 0.562. The summed E-state index contributed by atoms with van der Waals surface area (Å²) in [6.07, 6.45) is 2.42. The number of benzene rings is 3. The van der Waals surface area contributed by atoms with Gasteiger partial charge in [-0.15, -0.1) is 0 Å². The van der Waals surface area contributed by atoms with E-state index < -0.39 is 0 Å². The molecule has 3 aromatic carbocycles. The number of Topliss-reactive ketones (excluding diaryl/α,β-unsaturated/α-hetero) is 3. The zero-order valence-electron chi connectivity index (χ0n) is 25.0. The number of likely N-dealkylation sites (N-methyl/N-ethyl adjacent to an activating group) is 2. The Morgan fingerprint density at radius 3 is 1.88 bits per heavy atom. The van der Waals surface area contributed by atoms with Gasteiger partial charge in [-0.2, -0.15) is 0 Å². The maximum Gasteiger partial charge on any atom is 0.149 e. The minimum atomic E-state index is -0.200. The van der Waals surface area contributed by atoms with Crippen LogP contribution in [0, 0.1) is 0 Å². The van der Waals surface area contributed by atoms with E-state index in [1.165, 1.54) is 16.3 Å². The number of ketones is 3. The molecule has 3 rings (SSSR count). The lowest BCUT2D eigenvalue weighted by Crippen LogP contribution is -2.36. The van der Waals surface area contributed by atoms with E-state index in [1.807, 2.05) is 56.6 Å². The molecule has 40 heavy (non-hydrogen) atoms. The summed E-state index contributed by atoms with van der Waals surface area (Å²) in [7, 11) is 5.48. The molecule has 2 atom stereocenters. The van der Waals surface area contributed by atoms with Crippen molar-refractivity contribution in [2.24, 2.45) is 0 Å². The average molecular weight is 550 g/mol. The zero-order chi connectivity index (χ0) is 29.8. The number of nitrogens with one attached hydrogen (secondary N) is 3. The predicted molar refractivity (Wildman–Crippen MR) is 165 cm³/mol. The summed E-state index contributed by atoms with van der Waals surface area (Å²) < 4.78 is 5.45. The van der Waals surface area contributed by atoms with Crippen LogP contribution in [0.25, 0.3) is 10.8 Å². The van der Waals surface area contributed by atoms with Crippen LogP contribution in [0.5, 0.6) is 0 Å². The lowest BCUT2D eigenvalue weighted by Gasteiger charge is -2.13. The number of fused-ring (bicyclic) bond motifs is 1. The first kappa shape index (κ1) is 34.8. The molecule has 218 valence electrons. The number of carbonyl (C=O) groups is 3. The fourth-order valence-corrected chi connectivity index (χ4v) is 3.84. The van der Waals surface area contributed by atoms with Crippen LogP contribution in [0.3, 0.4) is 0 Å². The van der Waals surface area contributed by atoms with Crippen molar-refractivity contribution in [3.8, 4) is 0 Å². The van der Waals surface area contributed by atoms with Crippen molar-refractivity contribution >= 4 is 28.1 Å². The molecule has 0 aliphatic carbocycles. The SMILES string of the molecule is CNCCCC(C)=O.CN[C@@H](COCc1ccccc1)C(C)=O.CN[C@@H](Cc1ccc2ccccc2c1)C(C)=O. The van der Waals surface area contributed by atoms with E-state index in [-0.39, 0.29) is 29.4 Å². The van der Waals surface area contributed by atoms with E-state index in [9.17, 15) is 14.4 Å². The normalized spacial score (nSPS) is 11.8. The summed E-state index contributed by atoms with van der Waals surface area (Å²) in [5, 5.41) is 11.4. The van der Waals surface area contributed by atoms with Gasteiger partial charge in [0.15, 0.2) is 0 Å². The molecule has 0 saturated heterocycles. The van der Waals surface area contributed by atoms with Crippen molar-refractivity contribution in [2.75, 3.05) is 34.3 Å². The quantitative estimate of drug-likeness (QED) is 0.255. The summed E-state index contributed by atoms with van der Waals surface area (Å²) in [4.78, 5) is 32.7. The number of rotatable bonds is 14. The Hall–Kier alpha value is -3.23. The van der Waals surface area contributed by atoms with Gasteiger partial charge in [0.25, 0.3) is 0 Å². The molecule has 0 saturated carbocycles. The Morgan fingerprint density at radius 2 is 1.32 bits per heavy atom. The monoisotopic (exact) mass is 549 g/mol. The van der Waals surface area contributed by atoms with Crippen LogP contribution in [0.4, 0.5) is 0 Å². The van der Waals surface area contributed by atoms with Crippen LogP contribution in [-0.4, -0.2) is 63.7 Å². The molecule has 7 heteroatoms. The van der Waals surface area contributed by atoms with Crippen LogP contribution in [-0.2, 0) is 32.1 Å². The molecule has 0 bridgehead atoms. The largest absolute Gasteiger partial charge is 0.375 e. The minimum absolute atomic E-state index is 0.0869. The Balaban J connectivity index is 0.000000320. The Bertz CT molecular complexity index is 1150. The van der Waals surface area contributed by atoms with Gasteiger partial charge in [-0.25, -0.2) is 0 Å². The van der Waals surface area contributed by atoms with Crippen LogP contribution in [0.2, 0.25) is 0 Å². The summed E-state index contributed by atoms with van der Waals surface area (Å²) in [5.41, 5.74) is 2.31. The van der Waals surface area contributed by atoms with Crippen molar-refractivity contribution in [1.29, 1.82) is 0 Å². The fourth-order valence-electron chi connectivity index (χ4n) is 3.84. The van der Waals surface area contributed by atoms with E-state index in [0.29, 0.717) is 19.6 Å². The van der Waals surface area contributed by atoms with E-state index in [0.717, 1.165) is 24.9 Å². The van der Waals surface area contributed by atoms with Crippen molar-refractivity contribution in [3.63, 3.8) is 0 Å². The van der Waals surface area contributed by atoms with Gasteiger partial charge in [-0.3, -0.25) is 9.59 Å². The first-order valence-corrected chi connectivity index (χ1v) is 13.8. The third-order valence-electron chi connectivity index (χ3n) is 6.28.